The highest BCUT2D eigenvalue weighted by Gasteiger charge is 2.25. The third-order valence-electron chi connectivity index (χ3n) is 4.54. The number of hydrogen-bond acceptors (Lipinski definition) is 3. The predicted octanol–water partition coefficient (Wildman–Crippen LogP) is 3.19. The molecule has 0 radical (unpaired) electrons. The zero-order valence-electron chi connectivity index (χ0n) is 13.8. The smallest absolute Gasteiger partial charge is 0.128 e. The largest absolute Gasteiger partial charge is 0.389 e. The number of aliphatic hydroxyl groups is 1. The van der Waals surface area contributed by atoms with Crippen LogP contribution in [-0.4, -0.2) is 42.4 Å². The van der Waals surface area contributed by atoms with E-state index in [0.717, 1.165) is 19.5 Å². The summed E-state index contributed by atoms with van der Waals surface area (Å²) in [7, 11) is 0. The highest BCUT2D eigenvalue weighted by molar-refractivity contribution is 5.21. The van der Waals surface area contributed by atoms with Crippen molar-refractivity contribution in [3.63, 3.8) is 0 Å². The first-order chi connectivity index (χ1) is 11.7. The van der Waals surface area contributed by atoms with Gasteiger partial charge in [-0.15, -0.1) is 0 Å². The van der Waals surface area contributed by atoms with Gasteiger partial charge in [0.15, 0.2) is 0 Å². The van der Waals surface area contributed by atoms with Gasteiger partial charge in [-0.3, -0.25) is 0 Å². The topological polar surface area (TPSA) is 32.7 Å². The minimum atomic E-state index is -0.550. The van der Waals surface area contributed by atoms with Gasteiger partial charge in [0.1, 0.15) is 5.82 Å². The van der Waals surface area contributed by atoms with Crippen LogP contribution in [0.2, 0.25) is 0 Å². The lowest BCUT2D eigenvalue weighted by Gasteiger charge is -2.20. The maximum Gasteiger partial charge on any atom is 0.128 e. The maximum absolute atomic E-state index is 13.5. The molecule has 0 aromatic heterocycles. The average molecular weight is 329 g/mol. The molecule has 24 heavy (non-hydrogen) atoms. The summed E-state index contributed by atoms with van der Waals surface area (Å²) in [5.41, 5.74) is 1.89. The molecule has 0 bridgehead atoms. The van der Waals surface area contributed by atoms with Crippen molar-refractivity contribution in [2.45, 2.75) is 25.0 Å². The van der Waals surface area contributed by atoms with Crippen molar-refractivity contribution in [2.75, 3.05) is 26.2 Å². The summed E-state index contributed by atoms with van der Waals surface area (Å²) in [6.07, 6.45) is 0.568. The molecular formula is C20H24FNO2. The SMILES string of the molecule is O[C@H](COCc1ccccc1F)CN1CC[C@H](c2ccccc2)C1. The minimum absolute atomic E-state index is 0.191. The summed E-state index contributed by atoms with van der Waals surface area (Å²) in [6, 6.07) is 17.1. The lowest BCUT2D eigenvalue weighted by molar-refractivity contribution is 0.0124. The number of nitrogens with zero attached hydrogens (tertiary/aromatic N) is 1. The van der Waals surface area contributed by atoms with Crippen LogP contribution in [0.15, 0.2) is 54.6 Å². The normalized spacial score (nSPS) is 19.5. The van der Waals surface area contributed by atoms with Gasteiger partial charge in [0, 0.05) is 18.7 Å². The molecular weight excluding hydrogens is 305 g/mol. The van der Waals surface area contributed by atoms with E-state index >= 15 is 0 Å². The van der Waals surface area contributed by atoms with Crippen molar-refractivity contribution in [3.05, 3.63) is 71.5 Å². The molecule has 0 unspecified atom stereocenters. The molecule has 1 aliphatic rings. The first-order valence-electron chi connectivity index (χ1n) is 8.49. The van der Waals surface area contributed by atoms with Gasteiger partial charge in [-0.2, -0.15) is 0 Å². The molecule has 0 spiro atoms. The van der Waals surface area contributed by atoms with Gasteiger partial charge < -0.3 is 14.7 Å². The first-order valence-corrected chi connectivity index (χ1v) is 8.49. The van der Waals surface area contributed by atoms with E-state index in [2.05, 4.69) is 29.2 Å². The Morgan fingerprint density at radius 1 is 1.12 bits per heavy atom. The van der Waals surface area contributed by atoms with Crippen LogP contribution in [0.4, 0.5) is 4.39 Å². The number of halogens is 1. The Labute approximate surface area is 142 Å². The molecule has 2 aromatic rings. The fourth-order valence-corrected chi connectivity index (χ4v) is 3.27. The van der Waals surface area contributed by atoms with Gasteiger partial charge in [0.05, 0.1) is 19.3 Å². The van der Waals surface area contributed by atoms with Gasteiger partial charge in [-0.1, -0.05) is 48.5 Å². The lowest BCUT2D eigenvalue weighted by Crippen LogP contribution is -2.33. The van der Waals surface area contributed by atoms with Crippen molar-refractivity contribution in [3.8, 4) is 0 Å². The summed E-state index contributed by atoms with van der Waals surface area (Å²) < 4.78 is 19.0. The Bertz CT molecular complexity index is 635. The summed E-state index contributed by atoms with van der Waals surface area (Å²) in [4.78, 5) is 2.27. The number of rotatable bonds is 7. The molecule has 0 aliphatic carbocycles. The van der Waals surface area contributed by atoms with Crippen LogP contribution in [0.25, 0.3) is 0 Å². The van der Waals surface area contributed by atoms with Gasteiger partial charge in [0.25, 0.3) is 0 Å². The molecule has 3 rings (SSSR count). The number of likely N-dealkylation sites (tertiary alicyclic amines) is 1. The summed E-state index contributed by atoms with van der Waals surface area (Å²) >= 11 is 0. The van der Waals surface area contributed by atoms with Crippen LogP contribution >= 0.6 is 0 Å². The number of benzene rings is 2. The summed E-state index contributed by atoms with van der Waals surface area (Å²) in [5.74, 6) is 0.273. The molecule has 1 fully saturated rings. The third kappa shape index (κ3) is 4.63. The summed E-state index contributed by atoms with van der Waals surface area (Å²) in [5, 5.41) is 10.2. The molecule has 128 valence electrons. The monoisotopic (exact) mass is 329 g/mol. The van der Waals surface area contributed by atoms with E-state index in [9.17, 15) is 9.50 Å². The van der Waals surface area contributed by atoms with Crippen LogP contribution in [0.1, 0.15) is 23.5 Å². The van der Waals surface area contributed by atoms with E-state index in [1.54, 1.807) is 18.2 Å². The maximum atomic E-state index is 13.5. The summed E-state index contributed by atoms with van der Waals surface area (Å²) in [6.45, 7) is 2.97. The Hall–Kier alpha value is -1.75. The molecule has 0 saturated carbocycles. The number of ether oxygens (including phenoxy) is 1. The molecule has 1 saturated heterocycles. The van der Waals surface area contributed by atoms with E-state index in [0.29, 0.717) is 18.0 Å². The minimum Gasteiger partial charge on any atom is -0.389 e. The van der Waals surface area contributed by atoms with Crippen LogP contribution in [0.5, 0.6) is 0 Å². The quantitative estimate of drug-likeness (QED) is 0.847. The van der Waals surface area contributed by atoms with E-state index in [1.807, 2.05) is 6.07 Å². The van der Waals surface area contributed by atoms with Gasteiger partial charge >= 0.3 is 0 Å². The van der Waals surface area contributed by atoms with E-state index in [1.165, 1.54) is 11.6 Å². The van der Waals surface area contributed by atoms with Gasteiger partial charge in [-0.25, -0.2) is 4.39 Å². The Balaban J connectivity index is 1.40. The second-order valence-corrected chi connectivity index (χ2v) is 6.42. The predicted molar refractivity (Wildman–Crippen MR) is 92.3 cm³/mol. The molecule has 1 aliphatic heterocycles. The standard InChI is InChI=1S/C20H24FNO2/c21-20-9-5-4-8-18(20)14-24-15-19(23)13-22-11-10-17(12-22)16-6-2-1-3-7-16/h1-9,17,19,23H,10-15H2/t17-,19-/m0/s1. The lowest BCUT2D eigenvalue weighted by atomic mass is 9.99. The Kier molecular flexibility index (Phi) is 5.96. The number of hydrogen-bond donors (Lipinski definition) is 1. The van der Waals surface area contributed by atoms with Crippen molar-refractivity contribution < 1.29 is 14.2 Å². The molecule has 0 amide bonds. The number of β-amino-alcohol motifs (C(OH)–C–C–N with tert-alkyl or cyclic N) is 1. The van der Waals surface area contributed by atoms with Crippen LogP contribution in [-0.2, 0) is 11.3 Å². The van der Waals surface area contributed by atoms with E-state index in [-0.39, 0.29) is 19.0 Å². The third-order valence-corrected chi connectivity index (χ3v) is 4.54. The Morgan fingerprint density at radius 3 is 2.67 bits per heavy atom. The van der Waals surface area contributed by atoms with Crippen molar-refractivity contribution >= 4 is 0 Å². The second kappa shape index (κ2) is 8.38. The van der Waals surface area contributed by atoms with Crippen molar-refractivity contribution in [1.82, 2.24) is 4.90 Å². The fraction of sp³-hybridized carbons (Fsp3) is 0.400. The molecule has 2 aromatic carbocycles. The molecule has 2 atom stereocenters. The zero-order chi connectivity index (χ0) is 16.8. The second-order valence-electron chi connectivity index (χ2n) is 6.42. The van der Waals surface area contributed by atoms with Crippen LogP contribution in [0.3, 0.4) is 0 Å². The number of aliphatic hydroxyl groups excluding tert-OH is 1. The van der Waals surface area contributed by atoms with Gasteiger partial charge in [-0.05, 0) is 30.5 Å². The Morgan fingerprint density at radius 2 is 1.88 bits per heavy atom. The van der Waals surface area contributed by atoms with Crippen LogP contribution < -0.4 is 0 Å². The molecule has 1 N–H and O–H groups in total. The van der Waals surface area contributed by atoms with E-state index in [4.69, 9.17) is 4.74 Å². The highest BCUT2D eigenvalue weighted by atomic mass is 19.1. The van der Waals surface area contributed by atoms with Crippen molar-refractivity contribution in [1.29, 1.82) is 0 Å². The zero-order valence-corrected chi connectivity index (χ0v) is 13.8. The van der Waals surface area contributed by atoms with Crippen molar-refractivity contribution in [2.24, 2.45) is 0 Å². The molecule has 1 heterocycles. The van der Waals surface area contributed by atoms with E-state index < -0.39 is 6.10 Å². The van der Waals surface area contributed by atoms with Gasteiger partial charge in [0.2, 0.25) is 0 Å². The average Bonchev–Trinajstić information content (AvgIpc) is 3.06. The van der Waals surface area contributed by atoms with Crippen LogP contribution in [0, 0.1) is 5.82 Å². The highest BCUT2D eigenvalue weighted by Crippen LogP contribution is 2.26. The molecule has 4 heteroatoms. The fourth-order valence-electron chi connectivity index (χ4n) is 3.27. The first kappa shape index (κ1) is 17.1. The molecule has 3 nitrogen and oxygen atoms in total.